The second-order valence-electron chi connectivity index (χ2n) is 3.97. The summed E-state index contributed by atoms with van der Waals surface area (Å²) in [5.74, 6) is -0.889. The molecular formula is C14H14BrNO2. The minimum atomic E-state index is -0.889. The van der Waals surface area contributed by atoms with Gasteiger partial charge >= 0.3 is 5.97 Å². The third-order valence-electron chi connectivity index (χ3n) is 2.72. The Morgan fingerprint density at radius 3 is 2.39 bits per heavy atom. The molecule has 0 bridgehead atoms. The molecule has 94 valence electrons. The molecule has 1 aromatic carbocycles. The standard InChI is InChI=1S/C14H13NO2.BrH/c1-11-4-2-3-9-15(11)10-12-5-7-13(8-6-12)14(16)17;/h2-9H,10H2,1H3;1H. The van der Waals surface area contributed by atoms with E-state index in [0.717, 1.165) is 12.1 Å². The molecule has 2 rings (SSSR count). The number of carboxylic acids is 1. The van der Waals surface area contributed by atoms with Gasteiger partial charge < -0.3 is 22.1 Å². The first-order chi connectivity index (χ1) is 8.16. The van der Waals surface area contributed by atoms with Crippen LogP contribution in [-0.2, 0) is 6.54 Å². The normalized spacial score (nSPS) is 9.61. The van der Waals surface area contributed by atoms with Gasteiger partial charge in [-0.1, -0.05) is 18.2 Å². The van der Waals surface area contributed by atoms with Gasteiger partial charge in [-0.05, 0) is 12.1 Å². The fourth-order valence-corrected chi connectivity index (χ4v) is 1.69. The number of carboxylic acid groups (broad SMARTS) is 1. The van der Waals surface area contributed by atoms with Crippen LogP contribution in [0.25, 0.3) is 0 Å². The minimum Gasteiger partial charge on any atom is -1.00 e. The Morgan fingerprint density at radius 1 is 1.17 bits per heavy atom. The highest BCUT2D eigenvalue weighted by Gasteiger charge is 2.07. The van der Waals surface area contributed by atoms with Crippen molar-refractivity contribution in [3.05, 3.63) is 65.5 Å². The second-order valence-corrected chi connectivity index (χ2v) is 3.97. The van der Waals surface area contributed by atoms with Gasteiger partial charge in [0.25, 0.3) is 0 Å². The smallest absolute Gasteiger partial charge is 0.335 e. The summed E-state index contributed by atoms with van der Waals surface area (Å²) >= 11 is 0. The summed E-state index contributed by atoms with van der Waals surface area (Å²) < 4.78 is 2.12. The SMILES string of the molecule is Cc1cccc[n+]1Cc1ccc(C(=O)O)cc1.[Br-]. The molecule has 1 N–H and O–H groups in total. The number of aromatic nitrogens is 1. The molecule has 4 heteroatoms. The fraction of sp³-hybridized carbons (Fsp3) is 0.143. The summed E-state index contributed by atoms with van der Waals surface area (Å²) in [7, 11) is 0. The average molecular weight is 308 g/mol. The van der Waals surface area contributed by atoms with Gasteiger partial charge in [0.1, 0.15) is 0 Å². The molecule has 3 nitrogen and oxygen atoms in total. The van der Waals surface area contributed by atoms with Gasteiger partial charge in [-0.2, -0.15) is 4.57 Å². The van der Waals surface area contributed by atoms with Crippen molar-refractivity contribution in [2.45, 2.75) is 13.5 Å². The number of aryl methyl sites for hydroxylation is 1. The van der Waals surface area contributed by atoms with E-state index in [1.807, 2.05) is 43.5 Å². The van der Waals surface area contributed by atoms with Gasteiger partial charge in [0.15, 0.2) is 18.4 Å². The van der Waals surface area contributed by atoms with E-state index in [0.29, 0.717) is 5.56 Å². The largest absolute Gasteiger partial charge is 1.00 e. The van der Waals surface area contributed by atoms with Crippen LogP contribution in [0.1, 0.15) is 21.6 Å². The van der Waals surface area contributed by atoms with E-state index in [-0.39, 0.29) is 17.0 Å². The van der Waals surface area contributed by atoms with Crippen LogP contribution < -0.4 is 21.5 Å². The van der Waals surface area contributed by atoms with Crippen molar-refractivity contribution in [1.29, 1.82) is 0 Å². The topological polar surface area (TPSA) is 41.2 Å². The Kier molecular flexibility index (Phi) is 5.04. The zero-order valence-electron chi connectivity index (χ0n) is 10.0. The molecule has 18 heavy (non-hydrogen) atoms. The monoisotopic (exact) mass is 307 g/mol. The minimum absolute atomic E-state index is 0. The highest BCUT2D eigenvalue weighted by molar-refractivity contribution is 5.87. The van der Waals surface area contributed by atoms with E-state index in [9.17, 15) is 4.79 Å². The lowest BCUT2D eigenvalue weighted by Gasteiger charge is -2.01. The van der Waals surface area contributed by atoms with Crippen molar-refractivity contribution >= 4 is 5.97 Å². The molecule has 0 saturated heterocycles. The number of nitrogens with zero attached hydrogens (tertiary/aromatic N) is 1. The number of pyridine rings is 1. The molecule has 1 aromatic heterocycles. The van der Waals surface area contributed by atoms with Crippen molar-refractivity contribution in [1.82, 2.24) is 0 Å². The van der Waals surface area contributed by atoms with E-state index >= 15 is 0 Å². The van der Waals surface area contributed by atoms with E-state index in [4.69, 9.17) is 5.11 Å². The molecule has 0 aliphatic carbocycles. The number of benzene rings is 1. The van der Waals surface area contributed by atoms with Crippen molar-refractivity contribution < 1.29 is 31.4 Å². The highest BCUT2D eigenvalue weighted by atomic mass is 79.9. The number of aromatic carboxylic acids is 1. The van der Waals surface area contributed by atoms with Crippen LogP contribution >= 0.6 is 0 Å². The predicted octanol–water partition coefficient (Wildman–Crippen LogP) is -0.967. The van der Waals surface area contributed by atoms with Gasteiger partial charge in [-0.25, -0.2) is 4.79 Å². The third-order valence-corrected chi connectivity index (χ3v) is 2.72. The van der Waals surface area contributed by atoms with Gasteiger partial charge in [0, 0.05) is 24.6 Å². The van der Waals surface area contributed by atoms with Crippen LogP contribution in [0.2, 0.25) is 0 Å². The first-order valence-corrected chi connectivity index (χ1v) is 5.44. The first-order valence-electron chi connectivity index (χ1n) is 5.44. The van der Waals surface area contributed by atoms with E-state index in [1.165, 1.54) is 5.69 Å². The molecule has 0 amide bonds. The van der Waals surface area contributed by atoms with Crippen molar-refractivity contribution in [2.24, 2.45) is 0 Å². The number of rotatable bonds is 3. The molecule has 0 saturated carbocycles. The molecule has 1 heterocycles. The van der Waals surface area contributed by atoms with Crippen LogP contribution in [0.5, 0.6) is 0 Å². The summed E-state index contributed by atoms with van der Waals surface area (Å²) in [5.41, 5.74) is 2.59. The highest BCUT2D eigenvalue weighted by Crippen LogP contribution is 2.04. The predicted molar refractivity (Wildman–Crippen MR) is 63.9 cm³/mol. The third kappa shape index (κ3) is 3.40. The Bertz CT molecular complexity index is 538. The van der Waals surface area contributed by atoms with Crippen LogP contribution in [0.15, 0.2) is 48.7 Å². The Labute approximate surface area is 116 Å². The molecule has 0 fully saturated rings. The lowest BCUT2D eigenvalue weighted by atomic mass is 10.1. The van der Waals surface area contributed by atoms with Crippen molar-refractivity contribution in [2.75, 3.05) is 0 Å². The van der Waals surface area contributed by atoms with Crippen LogP contribution in [-0.4, -0.2) is 11.1 Å². The number of carbonyl (C=O) groups is 1. The summed E-state index contributed by atoms with van der Waals surface area (Å²) in [4.78, 5) is 10.7. The summed E-state index contributed by atoms with van der Waals surface area (Å²) in [5, 5.41) is 8.80. The molecule has 0 spiro atoms. The Morgan fingerprint density at radius 2 is 1.83 bits per heavy atom. The van der Waals surface area contributed by atoms with Gasteiger partial charge in [-0.3, -0.25) is 0 Å². The first kappa shape index (κ1) is 14.4. The van der Waals surface area contributed by atoms with Crippen molar-refractivity contribution in [3.63, 3.8) is 0 Å². The van der Waals surface area contributed by atoms with Gasteiger partial charge in [0.05, 0.1) is 5.56 Å². The molecule has 0 unspecified atom stereocenters. The van der Waals surface area contributed by atoms with Gasteiger partial charge in [0.2, 0.25) is 0 Å². The summed E-state index contributed by atoms with van der Waals surface area (Å²) in [6, 6.07) is 13.0. The van der Waals surface area contributed by atoms with Crippen molar-refractivity contribution in [3.8, 4) is 0 Å². The lowest BCUT2D eigenvalue weighted by molar-refractivity contribution is -0.694. The van der Waals surface area contributed by atoms with Crippen LogP contribution in [0.4, 0.5) is 0 Å². The van der Waals surface area contributed by atoms with Gasteiger partial charge in [-0.15, -0.1) is 0 Å². The Hall–Kier alpha value is -1.68. The zero-order valence-corrected chi connectivity index (χ0v) is 11.6. The maximum absolute atomic E-state index is 10.7. The fourth-order valence-electron chi connectivity index (χ4n) is 1.69. The van der Waals surface area contributed by atoms with Crippen LogP contribution in [0.3, 0.4) is 0 Å². The molecule has 0 aliphatic rings. The number of halogens is 1. The number of hydrogen-bond acceptors (Lipinski definition) is 1. The second kappa shape index (κ2) is 6.31. The maximum atomic E-state index is 10.7. The molecule has 0 aliphatic heterocycles. The molecular weight excluding hydrogens is 294 g/mol. The van der Waals surface area contributed by atoms with E-state index in [1.54, 1.807) is 12.1 Å². The Balaban J connectivity index is 0.00000162. The number of hydrogen-bond donors (Lipinski definition) is 1. The molecule has 2 aromatic rings. The zero-order chi connectivity index (χ0) is 12.3. The van der Waals surface area contributed by atoms with E-state index in [2.05, 4.69) is 4.57 Å². The summed E-state index contributed by atoms with van der Waals surface area (Å²) in [6.07, 6.45) is 2.01. The average Bonchev–Trinajstić information content (AvgIpc) is 2.33. The molecule has 0 radical (unpaired) electrons. The maximum Gasteiger partial charge on any atom is 0.335 e. The van der Waals surface area contributed by atoms with E-state index < -0.39 is 5.97 Å². The van der Waals surface area contributed by atoms with Crippen LogP contribution in [0, 0.1) is 6.92 Å². The lowest BCUT2D eigenvalue weighted by Crippen LogP contribution is -3.00. The quantitative estimate of drug-likeness (QED) is 0.742. The summed E-state index contributed by atoms with van der Waals surface area (Å²) in [6.45, 7) is 2.80. The molecule has 0 atom stereocenters.